The number of hydrogen-bond acceptors (Lipinski definition) is 12. The topological polar surface area (TPSA) is 182 Å². The Morgan fingerprint density at radius 3 is 1.95 bits per heavy atom. The Morgan fingerprint density at radius 2 is 1.39 bits per heavy atom. The molecule has 0 unspecified atom stereocenters. The zero-order valence-electron chi connectivity index (χ0n) is 23.0. The Bertz CT molecular complexity index is 1180. The fourth-order valence-corrected chi connectivity index (χ4v) is 3.80. The van der Waals surface area contributed by atoms with Crippen LogP contribution in [-0.4, -0.2) is 92.7 Å². The molecule has 14 heteroatoms. The third kappa shape index (κ3) is 10.5. The Balaban J connectivity index is 2.15. The first kappa shape index (κ1) is 32.7. The van der Waals surface area contributed by atoms with Gasteiger partial charge in [0.1, 0.15) is 12.7 Å². The molecule has 1 aromatic carbocycles. The second-order valence-electron chi connectivity index (χ2n) is 8.66. The molecule has 2 N–H and O–H groups in total. The SMILES string of the molecule is C#CCNC(=O)c1cccc(C(=O)NCCO[C@@H]2O[C@H](COC(C)=O)[C@@H](OC(C)=O)[C@H](OC(C)=O)[C@H]2OC(C)=O)c1. The number of rotatable bonds is 12. The van der Waals surface area contributed by atoms with Gasteiger partial charge in [-0.1, -0.05) is 12.0 Å². The molecular formula is C27H32N2O12. The smallest absolute Gasteiger partial charge is 0.303 e. The van der Waals surface area contributed by atoms with Crippen LogP contribution in [0.15, 0.2) is 24.3 Å². The average molecular weight is 577 g/mol. The molecule has 0 radical (unpaired) electrons. The van der Waals surface area contributed by atoms with E-state index in [1.54, 1.807) is 0 Å². The van der Waals surface area contributed by atoms with Crippen LogP contribution in [0, 0.1) is 12.3 Å². The maximum atomic E-state index is 12.6. The largest absolute Gasteiger partial charge is 0.463 e. The summed E-state index contributed by atoms with van der Waals surface area (Å²) >= 11 is 0. The predicted molar refractivity (Wildman–Crippen MR) is 138 cm³/mol. The highest BCUT2D eigenvalue weighted by Gasteiger charge is 2.52. The lowest BCUT2D eigenvalue weighted by Crippen LogP contribution is -2.63. The molecule has 2 rings (SSSR count). The van der Waals surface area contributed by atoms with Gasteiger partial charge >= 0.3 is 23.9 Å². The van der Waals surface area contributed by atoms with Crippen molar-refractivity contribution in [2.45, 2.75) is 58.4 Å². The molecular weight excluding hydrogens is 544 g/mol. The van der Waals surface area contributed by atoms with Crippen LogP contribution in [0.1, 0.15) is 48.4 Å². The van der Waals surface area contributed by atoms with E-state index in [1.807, 2.05) is 0 Å². The Morgan fingerprint density at radius 1 is 0.829 bits per heavy atom. The predicted octanol–water partition coefficient (Wildman–Crippen LogP) is -0.121. The molecule has 41 heavy (non-hydrogen) atoms. The summed E-state index contributed by atoms with van der Waals surface area (Å²) in [6.45, 7) is 3.87. The van der Waals surface area contributed by atoms with Crippen molar-refractivity contribution in [2.24, 2.45) is 0 Å². The van der Waals surface area contributed by atoms with E-state index in [2.05, 4.69) is 16.6 Å². The molecule has 0 saturated carbocycles. The third-order valence-electron chi connectivity index (χ3n) is 5.36. The summed E-state index contributed by atoms with van der Waals surface area (Å²) < 4.78 is 32.5. The van der Waals surface area contributed by atoms with E-state index in [0.717, 1.165) is 27.7 Å². The minimum atomic E-state index is -1.39. The summed E-state index contributed by atoms with van der Waals surface area (Å²) in [5.41, 5.74) is 0.437. The van der Waals surface area contributed by atoms with E-state index >= 15 is 0 Å². The summed E-state index contributed by atoms with van der Waals surface area (Å²) in [5.74, 6) is -1.63. The fraction of sp³-hybridized carbons (Fsp3) is 0.481. The van der Waals surface area contributed by atoms with Gasteiger partial charge < -0.3 is 39.1 Å². The number of ether oxygens (including phenoxy) is 6. The Labute approximate surface area is 236 Å². The summed E-state index contributed by atoms with van der Waals surface area (Å²) in [6, 6.07) is 5.96. The van der Waals surface area contributed by atoms with Crippen molar-refractivity contribution in [1.82, 2.24) is 10.6 Å². The standard InChI is InChI=1S/C27H32N2O12/c1-6-10-28-25(34)19-8-7-9-20(13-19)26(35)29-11-12-36-27-24(40-18(5)33)23(39-17(4)32)22(38-16(3)31)21(41-27)14-37-15(2)30/h1,7-9,13,21-24,27H,10-12,14H2,2-5H3,(H,28,34)(H,29,35)/t21-,22-,23+,24-,27-/m1/s1. The summed E-state index contributed by atoms with van der Waals surface area (Å²) in [6.07, 6.45) is -1.48. The van der Waals surface area contributed by atoms with Crippen molar-refractivity contribution in [3.63, 3.8) is 0 Å². The highest BCUT2D eigenvalue weighted by molar-refractivity contribution is 5.99. The van der Waals surface area contributed by atoms with Crippen molar-refractivity contribution in [1.29, 1.82) is 0 Å². The van der Waals surface area contributed by atoms with Crippen LogP contribution in [0.5, 0.6) is 0 Å². The average Bonchev–Trinajstić information content (AvgIpc) is 2.90. The normalized spacial score (nSPS) is 21.4. The van der Waals surface area contributed by atoms with E-state index < -0.39 is 73.0 Å². The Hall–Kier alpha value is -4.48. The van der Waals surface area contributed by atoms with E-state index in [1.165, 1.54) is 24.3 Å². The summed E-state index contributed by atoms with van der Waals surface area (Å²) in [5, 5.41) is 5.12. The zero-order valence-corrected chi connectivity index (χ0v) is 23.0. The molecule has 14 nitrogen and oxygen atoms in total. The van der Waals surface area contributed by atoms with Gasteiger partial charge in [0, 0.05) is 45.4 Å². The highest BCUT2D eigenvalue weighted by Crippen LogP contribution is 2.29. The van der Waals surface area contributed by atoms with E-state index in [9.17, 15) is 28.8 Å². The molecule has 0 spiro atoms. The minimum absolute atomic E-state index is 0.0336. The van der Waals surface area contributed by atoms with Gasteiger partial charge in [-0.2, -0.15) is 0 Å². The second kappa shape index (κ2) is 15.9. The number of hydrogen-bond donors (Lipinski definition) is 2. The molecule has 5 atom stereocenters. The van der Waals surface area contributed by atoms with Gasteiger partial charge in [-0.15, -0.1) is 6.42 Å². The molecule has 1 heterocycles. The van der Waals surface area contributed by atoms with E-state index in [0.29, 0.717) is 0 Å². The number of amides is 2. The molecule has 1 aliphatic rings. The van der Waals surface area contributed by atoms with E-state index in [4.69, 9.17) is 34.8 Å². The molecule has 1 fully saturated rings. The molecule has 1 aromatic rings. The van der Waals surface area contributed by atoms with Crippen LogP contribution < -0.4 is 10.6 Å². The van der Waals surface area contributed by atoms with Gasteiger partial charge in [0.05, 0.1) is 13.2 Å². The van der Waals surface area contributed by atoms with Crippen molar-refractivity contribution in [2.75, 3.05) is 26.3 Å². The molecule has 0 aromatic heterocycles. The van der Waals surface area contributed by atoms with Crippen molar-refractivity contribution < 1.29 is 57.2 Å². The second-order valence-corrected chi connectivity index (χ2v) is 8.66. The minimum Gasteiger partial charge on any atom is -0.463 e. The van der Waals surface area contributed by atoms with Gasteiger partial charge in [-0.3, -0.25) is 28.8 Å². The third-order valence-corrected chi connectivity index (χ3v) is 5.36. The Kier molecular flexibility index (Phi) is 12.7. The van der Waals surface area contributed by atoms with Gasteiger partial charge in [0.2, 0.25) is 0 Å². The van der Waals surface area contributed by atoms with Crippen molar-refractivity contribution in [3.05, 3.63) is 35.4 Å². The number of nitrogens with one attached hydrogen (secondary N) is 2. The van der Waals surface area contributed by atoms with Crippen molar-refractivity contribution in [3.8, 4) is 12.3 Å². The number of esters is 4. The number of carbonyl (C=O) groups is 6. The number of terminal acetylenes is 1. The fourth-order valence-electron chi connectivity index (χ4n) is 3.80. The molecule has 2 amide bonds. The lowest BCUT2D eigenvalue weighted by atomic mass is 9.98. The molecule has 1 saturated heterocycles. The summed E-state index contributed by atoms with van der Waals surface area (Å²) in [4.78, 5) is 71.7. The number of carbonyl (C=O) groups excluding carboxylic acids is 6. The molecule has 222 valence electrons. The van der Waals surface area contributed by atoms with E-state index in [-0.39, 0.29) is 30.8 Å². The molecule has 0 bridgehead atoms. The van der Waals surface area contributed by atoms with Gasteiger partial charge in [-0.25, -0.2) is 0 Å². The van der Waals surface area contributed by atoms with Gasteiger partial charge in [0.15, 0.2) is 24.6 Å². The maximum absolute atomic E-state index is 12.6. The zero-order chi connectivity index (χ0) is 30.5. The first-order valence-electron chi connectivity index (χ1n) is 12.4. The lowest BCUT2D eigenvalue weighted by Gasteiger charge is -2.44. The molecule has 1 aliphatic heterocycles. The van der Waals surface area contributed by atoms with Gasteiger partial charge in [0.25, 0.3) is 11.8 Å². The van der Waals surface area contributed by atoms with Crippen LogP contribution in [-0.2, 0) is 47.6 Å². The van der Waals surface area contributed by atoms with Crippen LogP contribution in [0.4, 0.5) is 0 Å². The number of benzene rings is 1. The first-order chi connectivity index (χ1) is 19.4. The molecule has 0 aliphatic carbocycles. The maximum Gasteiger partial charge on any atom is 0.303 e. The van der Waals surface area contributed by atoms with Gasteiger partial charge in [-0.05, 0) is 18.2 Å². The van der Waals surface area contributed by atoms with Crippen LogP contribution in [0.2, 0.25) is 0 Å². The first-order valence-corrected chi connectivity index (χ1v) is 12.4. The van der Waals surface area contributed by atoms with Crippen LogP contribution >= 0.6 is 0 Å². The monoisotopic (exact) mass is 576 g/mol. The van der Waals surface area contributed by atoms with Crippen LogP contribution in [0.3, 0.4) is 0 Å². The van der Waals surface area contributed by atoms with Crippen LogP contribution in [0.25, 0.3) is 0 Å². The summed E-state index contributed by atoms with van der Waals surface area (Å²) in [7, 11) is 0. The quantitative estimate of drug-likeness (QED) is 0.146. The van der Waals surface area contributed by atoms with Crippen molar-refractivity contribution >= 4 is 35.7 Å². The lowest BCUT2D eigenvalue weighted by molar-refractivity contribution is -0.307. The highest BCUT2D eigenvalue weighted by atomic mass is 16.7.